The highest BCUT2D eigenvalue weighted by Crippen LogP contribution is 2.31. The molecule has 0 bridgehead atoms. The summed E-state index contributed by atoms with van der Waals surface area (Å²) in [5.74, 6) is -0.884. The number of imide groups is 1. The Morgan fingerprint density at radius 1 is 1.07 bits per heavy atom. The highest BCUT2D eigenvalue weighted by molar-refractivity contribution is 6.35. The van der Waals surface area contributed by atoms with Crippen LogP contribution in [0, 0.1) is 6.92 Å². The maximum absolute atomic E-state index is 13.2. The van der Waals surface area contributed by atoms with Crippen LogP contribution in [0.2, 0.25) is 0 Å². The van der Waals surface area contributed by atoms with Crippen LogP contribution in [0.25, 0.3) is 0 Å². The number of hydrogen-bond donors (Lipinski definition) is 1. The molecule has 1 N–H and O–H groups in total. The van der Waals surface area contributed by atoms with Gasteiger partial charge in [-0.3, -0.25) is 14.4 Å². The number of carbonyl (C=O) groups excluding carboxylic acids is 3. The predicted octanol–water partition coefficient (Wildman–Crippen LogP) is 1.61. The fourth-order valence-corrected chi connectivity index (χ4v) is 4.42. The van der Waals surface area contributed by atoms with E-state index in [-0.39, 0.29) is 29.5 Å². The van der Waals surface area contributed by atoms with E-state index < -0.39 is 5.91 Å². The van der Waals surface area contributed by atoms with Crippen LogP contribution in [-0.2, 0) is 4.74 Å². The van der Waals surface area contributed by atoms with E-state index in [1.807, 2.05) is 24.0 Å². The van der Waals surface area contributed by atoms with Crippen molar-refractivity contribution in [1.82, 2.24) is 10.2 Å². The molecule has 0 aromatic heterocycles. The Morgan fingerprint density at radius 2 is 1.86 bits per heavy atom. The predicted molar refractivity (Wildman–Crippen MR) is 106 cm³/mol. The Bertz CT molecular complexity index is 1030. The summed E-state index contributed by atoms with van der Waals surface area (Å²) in [5, 5.41) is 3.26. The first kappa shape index (κ1) is 18.0. The summed E-state index contributed by atoms with van der Waals surface area (Å²) >= 11 is 0. The summed E-state index contributed by atoms with van der Waals surface area (Å²) in [6, 6.07) is 12.1. The van der Waals surface area contributed by atoms with Gasteiger partial charge in [0.2, 0.25) is 0 Å². The zero-order chi connectivity index (χ0) is 20.1. The minimum Gasteiger partial charge on any atom is -0.373 e. The number of anilines is 1. The second-order valence-electron chi connectivity index (χ2n) is 7.63. The van der Waals surface area contributed by atoms with Gasteiger partial charge in [-0.2, -0.15) is 0 Å². The molecular formula is C22H21N3O4. The summed E-state index contributed by atoms with van der Waals surface area (Å²) < 4.78 is 5.74. The molecule has 7 nitrogen and oxygen atoms in total. The topological polar surface area (TPSA) is 79.0 Å². The van der Waals surface area contributed by atoms with Crippen LogP contribution < -0.4 is 10.2 Å². The van der Waals surface area contributed by atoms with Crippen LogP contribution in [0.15, 0.2) is 42.5 Å². The molecule has 0 spiro atoms. The zero-order valence-corrected chi connectivity index (χ0v) is 16.1. The molecule has 0 radical (unpaired) electrons. The number of hydrogen-bond acceptors (Lipinski definition) is 5. The number of fused-ring (bicyclic) bond motifs is 2. The normalized spacial score (nSPS) is 23.3. The fourth-order valence-electron chi connectivity index (χ4n) is 4.42. The second-order valence-corrected chi connectivity index (χ2v) is 7.63. The lowest BCUT2D eigenvalue weighted by molar-refractivity contribution is -0.0364. The quantitative estimate of drug-likeness (QED) is 0.787. The van der Waals surface area contributed by atoms with Gasteiger partial charge >= 0.3 is 0 Å². The van der Waals surface area contributed by atoms with Gasteiger partial charge in [-0.05, 0) is 36.8 Å². The molecular weight excluding hydrogens is 370 g/mol. The standard InChI is InChI=1S/C22H21N3O4/c1-13-4-2-3-5-17(13)25-21(27)15-7-6-14(10-16(15)22(25)28)20(26)24-8-9-29-19-12-23-11-18(19)24/h2-7,10,18-19,23H,8-9,11-12H2,1H3/t18-,19+/m0/s1. The molecule has 3 aliphatic heterocycles. The van der Waals surface area contributed by atoms with Crippen LogP contribution in [0.5, 0.6) is 0 Å². The van der Waals surface area contributed by atoms with E-state index in [0.29, 0.717) is 36.5 Å². The number of nitrogens with one attached hydrogen (secondary N) is 1. The van der Waals surface area contributed by atoms with Gasteiger partial charge in [0.15, 0.2) is 0 Å². The highest BCUT2D eigenvalue weighted by atomic mass is 16.5. The first-order chi connectivity index (χ1) is 14.1. The Kier molecular flexibility index (Phi) is 4.22. The van der Waals surface area contributed by atoms with Crippen molar-refractivity contribution in [2.75, 3.05) is 31.1 Å². The molecule has 148 valence electrons. The summed E-state index contributed by atoms with van der Waals surface area (Å²) in [6.45, 7) is 4.30. The van der Waals surface area contributed by atoms with Gasteiger partial charge in [-0.15, -0.1) is 0 Å². The average Bonchev–Trinajstić information content (AvgIpc) is 3.31. The zero-order valence-electron chi connectivity index (χ0n) is 16.1. The minimum atomic E-state index is -0.392. The van der Waals surface area contributed by atoms with Crippen molar-refractivity contribution >= 4 is 23.4 Å². The van der Waals surface area contributed by atoms with E-state index in [0.717, 1.165) is 12.1 Å². The Labute approximate surface area is 168 Å². The van der Waals surface area contributed by atoms with Crippen LogP contribution in [0.1, 0.15) is 36.6 Å². The lowest BCUT2D eigenvalue weighted by Gasteiger charge is -2.37. The van der Waals surface area contributed by atoms with Gasteiger partial charge in [0.05, 0.1) is 35.6 Å². The van der Waals surface area contributed by atoms with Crippen molar-refractivity contribution in [2.24, 2.45) is 0 Å². The first-order valence-electron chi connectivity index (χ1n) is 9.78. The Balaban J connectivity index is 1.47. The molecule has 3 amide bonds. The molecule has 5 rings (SSSR count). The molecule has 2 atom stereocenters. The lowest BCUT2D eigenvalue weighted by atomic mass is 10.0. The number of amides is 3. The fraction of sp³-hybridized carbons (Fsp3) is 0.318. The summed E-state index contributed by atoms with van der Waals surface area (Å²) in [5.41, 5.74) is 2.44. The Morgan fingerprint density at radius 3 is 2.69 bits per heavy atom. The smallest absolute Gasteiger partial charge is 0.266 e. The van der Waals surface area contributed by atoms with Crippen molar-refractivity contribution in [2.45, 2.75) is 19.1 Å². The molecule has 2 saturated heterocycles. The number of benzene rings is 2. The molecule has 7 heteroatoms. The number of ether oxygens (including phenoxy) is 1. The molecule has 0 saturated carbocycles. The third kappa shape index (κ3) is 2.77. The van der Waals surface area contributed by atoms with Crippen LogP contribution in [0.4, 0.5) is 5.69 Å². The van der Waals surface area contributed by atoms with Gasteiger partial charge in [-0.25, -0.2) is 4.90 Å². The summed E-state index contributed by atoms with van der Waals surface area (Å²) in [7, 11) is 0. The maximum atomic E-state index is 13.2. The average molecular weight is 391 g/mol. The number of rotatable bonds is 2. The number of aryl methyl sites for hydroxylation is 1. The van der Waals surface area contributed by atoms with E-state index in [1.54, 1.807) is 30.3 Å². The number of nitrogens with zero attached hydrogens (tertiary/aromatic N) is 2. The number of morpholine rings is 1. The molecule has 3 aliphatic rings. The van der Waals surface area contributed by atoms with E-state index in [4.69, 9.17) is 4.74 Å². The molecule has 2 aromatic carbocycles. The van der Waals surface area contributed by atoms with Gasteiger partial charge in [0, 0.05) is 25.2 Å². The van der Waals surface area contributed by atoms with E-state index in [9.17, 15) is 14.4 Å². The maximum Gasteiger partial charge on any atom is 0.266 e. The van der Waals surface area contributed by atoms with E-state index >= 15 is 0 Å². The van der Waals surface area contributed by atoms with Crippen molar-refractivity contribution < 1.29 is 19.1 Å². The van der Waals surface area contributed by atoms with Crippen LogP contribution in [-0.4, -0.2) is 61.0 Å². The van der Waals surface area contributed by atoms with Crippen molar-refractivity contribution in [3.05, 3.63) is 64.7 Å². The van der Waals surface area contributed by atoms with Gasteiger partial charge in [0.1, 0.15) is 0 Å². The van der Waals surface area contributed by atoms with Crippen LogP contribution >= 0.6 is 0 Å². The Hall–Kier alpha value is -3.03. The first-order valence-corrected chi connectivity index (χ1v) is 9.78. The molecule has 2 fully saturated rings. The largest absolute Gasteiger partial charge is 0.373 e. The molecule has 2 aromatic rings. The van der Waals surface area contributed by atoms with Gasteiger partial charge in [0.25, 0.3) is 17.7 Å². The van der Waals surface area contributed by atoms with Crippen molar-refractivity contribution in [1.29, 1.82) is 0 Å². The third-order valence-electron chi connectivity index (χ3n) is 5.94. The molecule has 29 heavy (non-hydrogen) atoms. The SMILES string of the molecule is Cc1ccccc1N1C(=O)c2ccc(C(=O)N3CCO[C@@H]4CNC[C@@H]43)cc2C1=O. The third-order valence-corrected chi connectivity index (χ3v) is 5.94. The molecule has 0 aliphatic carbocycles. The van der Waals surface area contributed by atoms with Crippen molar-refractivity contribution in [3.8, 4) is 0 Å². The minimum absolute atomic E-state index is 0.00174. The molecule has 3 heterocycles. The van der Waals surface area contributed by atoms with E-state index in [1.165, 1.54) is 4.90 Å². The highest BCUT2D eigenvalue weighted by Gasteiger charge is 2.41. The number of carbonyl (C=O) groups is 3. The van der Waals surface area contributed by atoms with E-state index in [2.05, 4.69) is 5.32 Å². The summed E-state index contributed by atoms with van der Waals surface area (Å²) in [4.78, 5) is 42.1. The monoisotopic (exact) mass is 391 g/mol. The van der Waals surface area contributed by atoms with Crippen LogP contribution in [0.3, 0.4) is 0 Å². The number of para-hydroxylation sites is 1. The van der Waals surface area contributed by atoms with Gasteiger partial charge in [-0.1, -0.05) is 18.2 Å². The summed E-state index contributed by atoms with van der Waals surface area (Å²) in [6.07, 6.45) is 0.00174. The molecule has 0 unspecified atom stereocenters. The van der Waals surface area contributed by atoms with Gasteiger partial charge < -0.3 is 15.0 Å². The lowest BCUT2D eigenvalue weighted by Crippen LogP contribution is -2.53. The van der Waals surface area contributed by atoms with Crippen molar-refractivity contribution in [3.63, 3.8) is 0 Å². The second kappa shape index (κ2) is 6.79.